The van der Waals surface area contributed by atoms with Crippen molar-refractivity contribution in [2.45, 2.75) is 6.92 Å². The van der Waals surface area contributed by atoms with Crippen LogP contribution >= 0.6 is 24.0 Å². The van der Waals surface area contributed by atoms with Gasteiger partial charge in [-0.1, -0.05) is 54.3 Å². The van der Waals surface area contributed by atoms with Gasteiger partial charge in [-0.05, 0) is 29.8 Å². The minimum absolute atomic E-state index is 0.149. The third-order valence-electron chi connectivity index (χ3n) is 3.84. The van der Waals surface area contributed by atoms with E-state index in [1.807, 2.05) is 30.3 Å². The van der Waals surface area contributed by atoms with Crippen molar-refractivity contribution in [1.82, 2.24) is 4.90 Å². The van der Waals surface area contributed by atoms with Gasteiger partial charge in [-0.2, -0.15) is 0 Å². The standard InChI is InChI=1S/C19H17NO4S2/c1-3-23-17(21)11-24-15-9-8-12-6-4-5-7-13(12)14(15)10-16-18(22)20(2)19(25)26-16/h4-10H,3,11H2,1-2H3. The van der Waals surface area contributed by atoms with Crippen LogP contribution in [0.3, 0.4) is 0 Å². The van der Waals surface area contributed by atoms with E-state index in [-0.39, 0.29) is 12.5 Å². The number of rotatable bonds is 5. The van der Waals surface area contributed by atoms with Gasteiger partial charge in [-0.25, -0.2) is 4.79 Å². The van der Waals surface area contributed by atoms with Crippen molar-refractivity contribution in [3.05, 3.63) is 46.9 Å². The summed E-state index contributed by atoms with van der Waals surface area (Å²) < 4.78 is 11.1. The lowest BCUT2D eigenvalue weighted by atomic mass is 10.0. The molecule has 1 aliphatic rings. The first-order chi connectivity index (χ1) is 12.5. The first-order valence-electron chi connectivity index (χ1n) is 8.03. The van der Waals surface area contributed by atoms with Crippen molar-refractivity contribution in [3.8, 4) is 5.75 Å². The summed E-state index contributed by atoms with van der Waals surface area (Å²) in [4.78, 5) is 25.9. The molecule has 0 saturated carbocycles. The van der Waals surface area contributed by atoms with E-state index >= 15 is 0 Å². The number of carbonyl (C=O) groups is 2. The summed E-state index contributed by atoms with van der Waals surface area (Å²) >= 11 is 6.44. The number of carbonyl (C=O) groups excluding carboxylic acids is 2. The highest BCUT2D eigenvalue weighted by Crippen LogP contribution is 2.36. The third kappa shape index (κ3) is 3.73. The van der Waals surface area contributed by atoms with Gasteiger partial charge in [-0.3, -0.25) is 9.69 Å². The van der Waals surface area contributed by atoms with Crippen LogP contribution in [0.2, 0.25) is 0 Å². The van der Waals surface area contributed by atoms with Crippen LogP contribution in [0.4, 0.5) is 0 Å². The molecule has 2 aromatic carbocycles. The van der Waals surface area contributed by atoms with Gasteiger partial charge in [-0.15, -0.1) is 0 Å². The lowest BCUT2D eigenvalue weighted by molar-refractivity contribution is -0.145. The fraction of sp³-hybridized carbons (Fsp3) is 0.211. The van der Waals surface area contributed by atoms with E-state index in [0.717, 1.165) is 16.3 Å². The van der Waals surface area contributed by atoms with Gasteiger partial charge in [0.05, 0.1) is 11.5 Å². The number of ether oxygens (including phenoxy) is 2. The number of benzene rings is 2. The maximum Gasteiger partial charge on any atom is 0.344 e. The van der Waals surface area contributed by atoms with Gasteiger partial charge in [0.2, 0.25) is 0 Å². The molecule has 1 fully saturated rings. The zero-order valence-electron chi connectivity index (χ0n) is 14.4. The Hall–Kier alpha value is -2.38. The number of esters is 1. The van der Waals surface area contributed by atoms with E-state index in [0.29, 0.717) is 21.6 Å². The molecule has 1 heterocycles. The molecule has 1 aliphatic heterocycles. The highest BCUT2D eigenvalue weighted by Gasteiger charge is 2.29. The molecule has 3 rings (SSSR count). The number of thioether (sulfide) groups is 1. The Labute approximate surface area is 160 Å². The molecule has 7 heteroatoms. The zero-order valence-corrected chi connectivity index (χ0v) is 16.0. The van der Waals surface area contributed by atoms with Gasteiger partial charge in [0, 0.05) is 12.6 Å². The molecular formula is C19H17NO4S2. The largest absolute Gasteiger partial charge is 0.481 e. The Morgan fingerprint density at radius 2 is 2.04 bits per heavy atom. The first kappa shape index (κ1) is 18.4. The van der Waals surface area contributed by atoms with Crippen molar-refractivity contribution >= 4 is 57.0 Å². The molecule has 0 aliphatic carbocycles. The molecule has 134 valence electrons. The van der Waals surface area contributed by atoms with Crippen molar-refractivity contribution in [3.63, 3.8) is 0 Å². The van der Waals surface area contributed by atoms with Crippen LogP contribution in [0, 0.1) is 0 Å². The molecule has 0 spiro atoms. The Morgan fingerprint density at radius 3 is 2.73 bits per heavy atom. The smallest absolute Gasteiger partial charge is 0.344 e. The molecule has 2 aromatic rings. The molecular weight excluding hydrogens is 370 g/mol. The number of hydrogen-bond donors (Lipinski definition) is 0. The van der Waals surface area contributed by atoms with Gasteiger partial charge in [0.25, 0.3) is 5.91 Å². The Balaban J connectivity index is 2.03. The van der Waals surface area contributed by atoms with E-state index < -0.39 is 5.97 Å². The summed E-state index contributed by atoms with van der Waals surface area (Å²) in [6, 6.07) is 11.5. The van der Waals surface area contributed by atoms with E-state index in [2.05, 4.69) is 0 Å². The zero-order chi connectivity index (χ0) is 18.7. The predicted octanol–water partition coefficient (Wildman–Crippen LogP) is 3.61. The molecule has 5 nitrogen and oxygen atoms in total. The second-order valence-electron chi connectivity index (χ2n) is 5.53. The van der Waals surface area contributed by atoms with Crippen molar-refractivity contribution in [2.75, 3.05) is 20.3 Å². The second-order valence-corrected chi connectivity index (χ2v) is 7.21. The molecule has 0 aromatic heterocycles. The van der Waals surface area contributed by atoms with Gasteiger partial charge < -0.3 is 9.47 Å². The van der Waals surface area contributed by atoms with E-state index in [1.54, 1.807) is 26.1 Å². The summed E-state index contributed by atoms with van der Waals surface area (Å²) in [6.45, 7) is 1.85. The molecule has 0 bridgehead atoms. The number of fused-ring (bicyclic) bond motifs is 1. The van der Waals surface area contributed by atoms with Gasteiger partial charge in [0.15, 0.2) is 6.61 Å². The topological polar surface area (TPSA) is 55.8 Å². The average molecular weight is 387 g/mol. The Bertz CT molecular complexity index is 923. The Morgan fingerprint density at radius 1 is 1.27 bits per heavy atom. The quantitative estimate of drug-likeness (QED) is 0.444. The van der Waals surface area contributed by atoms with Gasteiger partial charge in [0.1, 0.15) is 10.1 Å². The average Bonchev–Trinajstić information content (AvgIpc) is 2.88. The van der Waals surface area contributed by atoms with Crippen molar-refractivity contribution in [2.24, 2.45) is 0 Å². The molecule has 0 radical (unpaired) electrons. The maximum atomic E-state index is 12.4. The molecule has 0 unspecified atom stereocenters. The summed E-state index contributed by atoms with van der Waals surface area (Å²) in [7, 11) is 1.65. The van der Waals surface area contributed by atoms with Gasteiger partial charge >= 0.3 is 5.97 Å². The fourth-order valence-corrected chi connectivity index (χ4v) is 3.73. The van der Waals surface area contributed by atoms with Crippen LogP contribution < -0.4 is 4.74 Å². The molecule has 1 saturated heterocycles. The van der Waals surface area contributed by atoms with Crippen molar-refractivity contribution in [1.29, 1.82) is 0 Å². The van der Waals surface area contributed by atoms with E-state index in [1.165, 1.54) is 16.7 Å². The number of thiocarbonyl (C=S) groups is 1. The molecule has 0 N–H and O–H groups in total. The van der Waals surface area contributed by atoms with Crippen molar-refractivity contribution < 1.29 is 19.1 Å². The summed E-state index contributed by atoms with van der Waals surface area (Å²) in [5.74, 6) is -0.0751. The SMILES string of the molecule is CCOC(=O)COc1ccc2ccccc2c1C=C1SC(=S)N(C)C1=O. The van der Waals surface area contributed by atoms with Crippen LogP contribution in [-0.4, -0.2) is 41.4 Å². The number of nitrogens with zero attached hydrogens (tertiary/aromatic N) is 1. The summed E-state index contributed by atoms with van der Waals surface area (Å²) in [5.41, 5.74) is 0.737. The van der Waals surface area contributed by atoms with Crippen LogP contribution in [0.15, 0.2) is 41.3 Å². The summed E-state index contributed by atoms with van der Waals surface area (Å²) in [6.07, 6.45) is 1.77. The highest BCUT2D eigenvalue weighted by atomic mass is 32.2. The Kier molecular flexibility index (Phi) is 5.58. The number of hydrogen-bond acceptors (Lipinski definition) is 6. The second kappa shape index (κ2) is 7.88. The number of likely N-dealkylation sites (N-methyl/N-ethyl adjacent to an activating group) is 1. The lowest BCUT2D eigenvalue weighted by Gasteiger charge is -2.12. The highest BCUT2D eigenvalue weighted by molar-refractivity contribution is 8.26. The third-order valence-corrected chi connectivity index (χ3v) is 5.33. The number of amides is 1. The fourth-order valence-electron chi connectivity index (χ4n) is 2.57. The molecule has 0 atom stereocenters. The van der Waals surface area contributed by atoms with Crippen LogP contribution in [0.25, 0.3) is 16.8 Å². The molecule has 1 amide bonds. The minimum Gasteiger partial charge on any atom is -0.481 e. The normalized spacial score (nSPS) is 15.8. The molecule has 26 heavy (non-hydrogen) atoms. The first-order valence-corrected chi connectivity index (χ1v) is 9.25. The van der Waals surface area contributed by atoms with Crippen LogP contribution in [0.1, 0.15) is 12.5 Å². The summed E-state index contributed by atoms with van der Waals surface area (Å²) in [5, 5.41) is 1.93. The van der Waals surface area contributed by atoms with Crippen LogP contribution in [-0.2, 0) is 14.3 Å². The lowest BCUT2D eigenvalue weighted by Crippen LogP contribution is -2.22. The monoisotopic (exact) mass is 387 g/mol. The maximum absolute atomic E-state index is 12.4. The predicted molar refractivity (Wildman–Crippen MR) is 107 cm³/mol. The minimum atomic E-state index is -0.438. The van der Waals surface area contributed by atoms with Crippen LogP contribution in [0.5, 0.6) is 5.75 Å². The van der Waals surface area contributed by atoms with E-state index in [9.17, 15) is 9.59 Å². The van der Waals surface area contributed by atoms with E-state index in [4.69, 9.17) is 21.7 Å².